The highest BCUT2D eigenvalue weighted by atomic mass is 16.5. The molecule has 2 rings (SSSR count). The summed E-state index contributed by atoms with van der Waals surface area (Å²) in [5.41, 5.74) is 1.50. The summed E-state index contributed by atoms with van der Waals surface area (Å²) in [5.74, 6) is 1.60. The third kappa shape index (κ3) is 2.72. The molecule has 0 aromatic heterocycles. The molecule has 1 aromatic rings. The van der Waals surface area contributed by atoms with Crippen LogP contribution in [0.15, 0.2) is 29.4 Å². The quantitative estimate of drug-likeness (QED) is 0.466. The lowest BCUT2D eigenvalue weighted by Crippen LogP contribution is -2.00. The molecule has 15 heavy (non-hydrogen) atoms. The summed E-state index contributed by atoms with van der Waals surface area (Å²) in [6.07, 6.45) is 2.58. The van der Waals surface area contributed by atoms with Gasteiger partial charge >= 0.3 is 0 Å². The number of hydrogen-bond donors (Lipinski definition) is 1. The molecule has 0 amide bonds. The van der Waals surface area contributed by atoms with Gasteiger partial charge in [-0.2, -0.15) is 0 Å². The highest BCUT2D eigenvalue weighted by Gasteiger charge is 2.21. The first-order valence-electron chi connectivity index (χ1n) is 5.21. The predicted molar refractivity (Wildman–Crippen MR) is 58.7 cm³/mol. The van der Waals surface area contributed by atoms with Gasteiger partial charge in [-0.3, -0.25) is 0 Å². The number of oxime groups is 1. The van der Waals surface area contributed by atoms with Crippen LogP contribution in [0.1, 0.15) is 25.3 Å². The van der Waals surface area contributed by atoms with Gasteiger partial charge in [-0.05, 0) is 37.8 Å². The molecule has 1 aromatic carbocycles. The smallest absolute Gasteiger partial charge is 0.119 e. The van der Waals surface area contributed by atoms with Crippen molar-refractivity contribution in [3.63, 3.8) is 0 Å². The van der Waals surface area contributed by atoms with E-state index in [1.165, 1.54) is 12.8 Å². The summed E-state index contributed by atoms with van der Waals surface area (Å²) in [6, 6.07) is 7.64. The number of hydrogen-bond acceptors (Lipinski definition) is 3. The van der Waals surface area contributed by atoms with Crippen molar-refractivity contribution >= 4 is 5.71 Å². The molecular formula is C12H15NO2. The number of ether oxygens (including phenoxy) is 1. The summed E-state index contributed by atoms with van der Waals surface area (Å²) in [7, 11) is 0. The lowest BCUT2D eigenvalue weighted by molar-refractivity contribution is 0.299. The van der Waals surface area contributed by atoms with Crippen LogP contribution < -0.4 is 4.74 Å². The maximum absolute atomic E-state index is 8.65. The second-order valence-electron chi connectivity index (χ2n) is 3.97. The first kappa shape index (κ1) is 10.0. The molecule has 3 nitrogen and oxygen atoms in total. The molecule has 0 bridgehead atoms. The lowest BCUT2D eigenvalue weighted by Gasteiger charge is -2.06. The minimum atomic E-state index is 0.604. The molecule has 3 heteroatoms. The van der Waals surface area contributed by atoms with Gasteiger partial charge in [0, 0.05) is 5.56 Å². The first-order valence-corrected chi connectivity index (χ1v) is 5.21. The minimum Gasteiger partial charge on any atom is -0.493 e. The Hall–Kier alpha value is -1.51. The fourth-order valence-corrected chi connectivity index (χ4v) is 1.37. The molecule has 0 aliphatic heterocycles. The van der Waals surface area contributed by atoms with E-state index in [2.05, 4.69) is 5.16 Å². The standard InChI is InChI=1S/C12H15NO2/c1-9(13-14)11-3-2-4-12(7-11)15-8-10-5-6-10/h2-4,7,10,14H,5-6,8H2,1H3/b13-9+. The molecule has 1 aliphatic rings. The van der Waals surface area contributed by atoms with Crippen LogP contribution in [0.2, 0.25) is 0 Å². The molecule has 0 saturated heterocycles. The first-order chi connectivity index (χ1) is 7.29. The molecule has 80 valence electrons. The van der Waals surface area contributed by atoms with Gasteiger partial charge in [-0.1, -0.05) is 17.3 Å². The van der Waals surface area contributed by atoms with Gasteiger partial charge in [0.15, 0.2) is 0 Å². The summed E-state index contributed by atoms with van der Waals surface area (Å²) >= 11 is 0. The van der Waals surface area contributed by atoms with Crippen LogP contribution in [0, 0.1) is 5.92 Å². The average molecular weight is 205 g/mol. The molecular weight excluding hydrogens is 190 g/mol. The summed E-state index contributed by atoms with van der Waals surface area (Å²) in [5, 5.41) is 11.8. The molecule has 0 atom stereocenters. The second-order valence-corrected chi connectivity index (χ2v) is 3.97. The maximum atomic E-state index is 8.65. The topological polar surface area (TPSA) is 41.8 Å². The van der Waals surface area contributed by atoms with Gasteiger partial charge in [0.25, 0.3) is 0 Å². The highest BCUT2D eigenvalue weighted by molar-refractivity contribution is 5.98. The van der Waals surface area contributed by atoms with E-state index < -0.39 is 0 Å². The second kappa shape index (κ2) is 4.34. The SMILES string of the molecule is C/C(=N\O)c1cccc(OCC2CC2)c1. The molecule has 0 heterocycles. The van der Waals surface area contributed by atoms with Gasteiger partial charge in [-0.25, -0.2) is 0 Å². The fourth-order valence-electron chi connectivity index (χ4n) is 1.37. The molecule has 1 N–H and O–H groups in total. The summed E-state index contributed by atoms with van der Waals surface area (Å²) in [6.45, 7) is 2.57. The Morgan fingerprint density at radius 3 is 3.00 bits per heavy atom. The van der Waals surface area contributed by atoms with E-state index in [9.17, 15) is 0 Å². The van der Waals surface area contributed by atoms with Gasteiger partial charge in [0.05, 0.1) is 12.3 Å². The Labute approximate surface area is 89.4 Å². The Morgan fingerprint density at radius 1 is 1.53 bits per heavy atom. The summed E-state index contributed by atoms with van der Waals surface area (Å²) < 4.78 is 5.63. The van der Waals surface area contributed by atoms with Gasteiger partial charge < -0.3 is 9.94 Å². The van der Waals surface area contributed by atoms with Crippen molar-refractivity contribution in [2.45, 2.75) is 19.8 Å². The lowest BCUT2D eigenvalue weighted by atomic mass is 10.1. The van der Waals surface area contributed by atoms with E-state index in [4.69, 9.17) is 9.94 Å². The minimum absolute atomic E-state index is 0.604. The van der Waals surface area contributed by atoms with Crippen molar-refractivity contribution in [2.24, 2.45) is 11.1 Å². The van der Waals surface area contributed by atoms with E-state index in [1.54, 1.807) is 6.92 Å². The zero-order valence-electron chi connectivity index (χ0n) is 8.81. The molecule has 1 fully saturated rings. The zero-order chi connectivity index (χ0) is 10.7. The van der Waals surface area contributed by atoms with Crippen LogP contribution in [0.25, 0.3) is 0 Å². The van der Waals surface area contributed by atoms with Crippen molar-refractivity contribution < 1.29 is 9.94 Å². The van der Waals surface area contributed by atoms with Crippen molar-refractivity contribution in [1.29, 1.82) is 0 Å². The Morgan fingerprint density at radius 2 is 2.33 bits per heavy atom. The van der Waals surface area contributed by atoms with E-state index in [0.717, 1.165) is 23.8 Å². The largest absolute Gasteiger partial charge is 0.493 e. The number of benzene rings is 1. The van der Waals surface area contributed by atoms with Crippen molar-refractivity contribution in [3.05, 3.63) is 29.8 Å². The number of nitrogens with zero attached hydrogens (tertiary/aromatic N) is 1. The Balaban J connectivity index is 2.03. The van der Waals surface area contributed by atoms with Crippen LogP contribution in [0.4, 0.5) is 0 Å². The Kier molecular flexibility index (Phi) is 2.90. The van der Waals surface area contributed by atoms with Crippen molar-refractivity contribution in [2.75, 3.05) is 6.61 Å². The van der Waals surface area contributed by atoms with E-state index >= 15 is 0 Å². The third-order valence-corrected chi connectivity index (χ3v) is 2.58. The third-order valence-electron chi connectivity index (χ3n) is 2.58. The predicted octanol–water partition coefficient (Wildman–Crippen LogP) is 2.67. The monoisotopic (exact) mass is 205 g/mol. The molecule has 1 aliphatic carbocycles. The van der Waals surface area contributed by atoms with Gasteiger partial charge in [0.2, 0.25) is 0 Å². The fraction of sp³-hybridized carbons (Fsp3) is 0.417. The van der Waals surface area contributed by atoms with Crippen LogP contribution in [0.5, 0.6) is 5.75 Å². The van der Waals surface area contributed by atoms with Crippen LogP contribution in [-0.2, 0) is 0 Å². The van der Waals surface area contributed by atoms with Crippen LogP contribution >= 0.6 is 0 Å². The maximum Gasteiger partial charge on any atom is 0.119 e. The van der Waals surface area contributed by atoms with Crippen molar-refractivity contribution in [1.82, 2.24) is 0 Å². The summed E-state index contributed by atoms with van der Waals surface area (Å²) in [4.78, 5) is 0. The van der Waals surface area contributed by atoms with Crippen LogP contribution in [-0.4, -0.2) is 17.5 Å². The normalized spacial score (nSPS) is 16.5. The highest BCUT2D eigenvalue weighted by Crippen LogP contribution is 2.29. The van der Waals surface area contributed by atoms with E-state index in [-0.39, 0.29) is 0 Å². The van der Waals surface area contributed by atoms with Crippen LogP contribution in [0.3, 0.4) is 0 Å². The average Bonchev–Trinajstić information content (AvgIpc) is 3.09. The van der Waals surface area contributed by atoms with Gasteiger partial charge in [0.1, 0.15) is 5.75 Å². The molecule has 0 spiro atoms. The molecule has 0 unspecified atom stereocenters. The Bertz CT molecular complexity index is 370. The zero-order valence-corrected chi connectivity index (χ0v) is 8.81. The van der Waals surface area contributed by atoms with Crippen molar-refractivity contribution in [3.8, 4) is 5.75 Å². The number of rotatable bonds is 4. The van der Waals surface area contributed by atoms with Gasteiger partial charge in [-0.15, -0.1) is 0 Å². The molecule has 1 saturated carbocycles. The van der Waals surface area contributed by atoms with E-state index in [1.807, 2.05) is 24.3 Å². The van der Waals surface area contributed by atoms with E-state index in [0.29, 0.717) is 5.71 Å². The molecule has 0 radical (unpaired) electrons.